The zero-order valence-electron chi connectivity index (χ0n) is 68.5. The molecule has 126 heavy (non-hydrogen) atoms. The van der Waals surface area contributed by atoms with Crippen molar-refractivity contribution >= 4 is 163 Å². The summed E-state index contributed by atoms with van der Waals surface area (Å²) in [5, 5.41) is 22.4. The maximum Gasteiger partial charge on any atom is 0.136 e. The molecule has 0 radical (unpaired) electrons. The highest BCUT2D eigenvalue weighted by atomic mass is 16.3. The molecule has 6 aromatic heterocycles. The maximum atomic E-state index is 6.19. The third-order valence-corrected chi connectivity index (χ3v) is 25.9. The number of hydrogen-bond donors (Lipinski definition) is 0. The molecule has 0 aliphatic rings. The Hall–Kier alpha value is -16.8. The number of aromatic nitrogens is 4. The van der Waals surface area contributed by atoms with Gasteiger partial charge in [-0.3, -0.25) is 0 Å². The van der Waals surface area contributed by atoms with Crippen molar-refractivity contribution in [3.05, 3.63) is 461 Å². The fraction of sp³-hybridized carbons (Fsp3) is 0. The molecule has 0 spiro atoms. The Morgan fingerprint density at radius 1 is 0.111 bits per heavy atom. The zero-order chi connectivity index (χ0) is 82.9. The van der Waals surface area contributed by atoms with Gasteiger partial charge in [-0.05, 0) is 240 Å². The second-order valence-electron chi connectivity index (χ2n) is 32.9. The number of nitrogens with zero attached hydrogens (tertiary/aromatic N) is 4. The first-order valence-corrected chi connectivity index (χ1v) is 43.2. The minimum Gasteiger partial charge on any atom is -0.456 e. The van der Waals surface area contributed by atoms with Gasteiger partial charge in [-0.2, -0.15) is 0 Å². The quantitative estimate of drug-likeness (QED) is 0.135. The second-order valence-corrected chi connectivity index (χ2v) is 32.9. The van der Waals surface area contributed by atoms with Crippen molar-refractivity contribution in [2.45, 2.75) is 0 Å². The topological polar surface area (TPSA) is 46.0 Å². The van der Waals surface area contributed by atoms with Gasteiger partial charge in [0.05, 0.1) is 44.1 Å². The van der Waals surface area contributed by atoms with Gasteiger partial charge in [0.1, 0.15) is 22.3 Å². The standard InChI is InChI=1S/C48H30N2.2C36H23NO/c1-2-12-33(13-3-1)49-45-20-10-8-18-40(45)43-28-31(22-26-47(43)49)32-23-27-48-44(29-32)41-19-9-11-21-46(41)50(48)34-24-25-39-37-16-5-4-14-35(37)36-15-6-7-17-38(36)42(39)30-34;1-2-8-24(9-3-1)25-14-18-28(19-15-25)37-33-12-6-4-10-29(33)32-22-26(17-21-34(32)37)27-16-20-31-30-11-5-7-13-35(30)38-36(31)23-27;1-2-8-24(9-3-1)25-14-18-28(19-15-25)37-33-12-6-4-10-29(33)30-20-16-26(22-34(30)37)27-17-21-32-31-11-5-7-13-35(31)38-36(32)23-27/h1-30H;2*1-23H. The van der Waals surface area contributed by atoms with Crippen LogP contribution in [-0.2, 0) is 0 Å². The smallest absolute Gasteiger partial charge is 0.136 e. The third kappa shape index (κ3) is 11.9. The lowest BCUT2D eigenvalue weighted by molar-refractivity contribution is 0.668. The Morgan fingerprint density at radius 2 is 0.349 bits per heavy atom. The molecule has 21 aromatic carbocycles. The van der Waals surface area contributed by atoms with E-state index in [0.717, 1.165) is 66.4 Å². The van der Waals surface area contributed by atoms with Gasteiger partial charge in [0, 0.05) is 87.4 Å². The summed E-state index contributed by atoms with van der Waals surface area (Å²) in [6.45, 7) is 0. The van der Waals surface area contributed by atoms with Crippen molar-refractivity contribution in [1.82, 2.24) is 18.3 Å². The molecule has 27 rings (SSSR count). The average Bonchev–Trinajstić information content (AvgIpc) is 1.46. The lowest BCUT2D eigenvalue weighted by Crippen LogP contribution is -1.94. The number of benzene rings is 21. The largest absolute Gasteiger partial charge is 0.456 e. The van der Waals surface area contributed by atoms with Crippen LogP contribution in [0.5, 0.6) is 0 Å². The maximum absolute atomic E-state index is 6.19. The summed E-state index contributed by atoms with van der Waals surface area (Å²) in [7, 11) is 0. The highest BCUT2D eigenvalue weighted by Crippen LogP contribution is 2.45. The Bertz CT molecular complexity index is 8970. The first-order chi connectivity index (χ1) is 62.5. The van der Waals surface area contributed by atoms with Gasteiger partial charge in [-0.1, -0.05) is 309 Å². The summed E-state index contributed by atoms with van der Waals surface area (Å²) in [5.41, 5.74) is 30.0. The molecular weight excluding hydrogens is 1530 g/mol. The van der Waals surface area contributed by atoms with E-state index in [1.165, 1.54) is 175 Å². The summed E-state index contributed by atoms with van der Waals surface area (Å²) in [6, 6.07) is 166. The van der Waals surface area contributed by atoms with E-state index in [-0.39, 0.29) is 0 Å². The van der Waals surface area contributed by atoms with Crippen LogP contribution >= 0.6 is 0 Å². The zero-order valence-corrected chi connectivity index (χ0v) is 68.5. The molecule has 0 bridgehead atoms. The van der Waals surface area contributed by atoms with Gasteiger partial charge < -0.3 is 27.1 Å². The molecular formula is C120H76N4O2. The highest BCUT2D eigenvalue weighted by molar-refractivity contribution is 6.26. The molecule has 0 aliphatic carbocycles. The van der Waals surface area contributed by atoms with Crippen molar-refractivity contribution in [2.75, 3.05) is 0 Å². The van der Waals surface area contributed by atoms with E-state index in [1.807, 2.05) is 24.3 Å². The average molecular weight is 1610 g/mol. The number of para-hydroxylation sites is 7. The predicted octanol–water partition coefficient (Wildman–Crippen LogP) is 33.0. The van der Waals surface area contributed by atoms with Crippen LogP contribution in [-0.4, -0.2) is 18.3 Å². The Balaban J connectivity index is 0.000000105. The SMILES string of the molecule is c1ccc(-c2ccc(-n3c4ccccc4c4cc(-c5ccc6c(c5)oc5ccccc56)ccc43)cc2)cc1.c1ccc(-c2ccc(-n3c4ccccc4c4ccc(-c5ccc6c(c5)oc5ccccc56)cc43)cc2)cc1.c1ccc(-n2c3ccccc3c3cc(-c4ccc5c(c4)c4ccccc4n5-c4ccc5c6ccccc6c6ccccc6c5c4)ccc32)cc1. The molecule has 6 heterocycles. The molecule has 0 saturated carbocycles. The molecule has 0 N–H and O–H groups in total. The van der Waals surface area contributed by atoms with E-state index in [2.05, 4.69) is 455 Å². The molecule has 0 aliphatic heterocycles. The van der Waals surface area contributed by atoms with Crippen LogP contribution in [0.1, 0.15) is 0 Å². The molecule has 588 valence electrons. The van der Waals surface area contributed by atoms with Gasteiger partial charge in [0.2, 0.25) is 0 Å². The fourth-order valence-corrected chi connectivity index (χ4v) is 20.0. The first kappa shape index (κ1) is 72.1. The minimum atomic E-state index is 0.917. The van der Waals surface area contributed by atoms with E-state index in [9.17, 15) is 0 Å². The molecule has 0 fully saturated rings. The molecule has 27 aromatic rings. The lowest BCUT2D eigenvalue weighted by Gasteiger charge is -2.14. The minimum absolute atomic E-state index is 0.917. The molecule has 0 unspecified atom stereocenters. The van der Waals surface area contributed by atoms with Gasteiger partial charge in [0.15, 0.2) is 0 Å². The summed E-state index contributed by atoms with van der Waals surface area (Å²) < 4.78 is 21.9. The molecule has 0 saturated heterocycles. The van der Waals surface area contributed by atoms with Crippen molar-refractivity contribution in [2.24, 2.45) is 0 Å². The van der Waals surface area contributed by atoms with Gasteiger partial charge in [0.25, 0.3) is 0 Å². The van der Waals surface area contributed by atoms with Crippen LogP contribution in [0.15, 0.2) is 470 Å². The van der Waals surface area contributed by atoms with Crippen molar-refractivity contribution in [3.63, 3.8) is 0 Å². The van der Waals surface area contributed by atoms with Crippen molar-refractivity contribution < 1.29 is 8.83 Å². The van der Waals surface area contributed by atoms with Crippen LogP contribution in [0.25, 0.3) is 242 Å². The Labute approximate surface area is 725 Å². The van der Waals surface area contributed by atoms with Crippen LogP contribution in [0.4, 0.5) is 0 Å². The van der Waals surface area contributed by atoms with Crippen LogP contribution in [0.3, 0.4) is 0 Å². The van der Waals surface area contributed by atoms with Gasteiger partial charge >= 0.3 is 0 Å². The van der Waals surface area contributed by atoms with Crippen molar-refractivity contribution in [3.8, 4) is 78.4 Å². The Morgan fingerprint density at radius 3 is 0.770 bits per heavy atom. The van der Waals surface area contributed by atoms with E-state index in [1.54, 1.807) is 0 Å². The van der Waals surface area contributed by atoms with Gasteiger partial charge in [-0.25, -0.2) is 0 Å². The number of rotatable bonds is 9. The summed E-state index contributed by atoms with van der Waals surface area (Å²) in [5.74, 6) is 0. The first-order valence-electron chi connectivity index (χ1n) is 43.2. The number of hydrogen-bond acceptors (Lipinski definition) is 2. The molecule has 0 amide bonds. The molecule has 0 atom stereocenters. The second kappa shape index (κ2) is 29.5. The van der Waals surface area contributed by atoms with Crippen molar-refractivity contribution in [1.29, 1.82) is 0 Å². The molecule has 6 nitrogen and oxygen atoms in total. The fourth-order valence-electron chi connectivity index (χ4n) is 20.0. The van der Waals surface area contributed by atoms with E-state index >= 15 is 0 Å². The summed E-state index contributed by atoms with van der Waals surface area (Å²) in [4.78, 5) is 0. The monoisotopic (exact) mass is 1600 g/mol. The van der Waals surface area contributed by atoms with E-state index in [0.29, 0.717) is 0 Å². The van der Waals surface area contributed by atoms with Crippen LogP contribution < -0.4 is 0 Å². The van der Waals surface area contributed by atoms with Crippen LogP contribution in [0, 0.1) is 0 Å². The number of furan rings is 2. The van der Waals surface area contributed by atoms with E-state index < -0.39 is 0 Å². The predicted molar refractivity (Wildman–Crippen MR) is 531 cm³/mol. The third-order valence-electron chi connectivity index (χ3n) is 25.9. The summed E-state index contributed by atoms with van der Waals surface area (Å²) in [6.07, 6.45) is 0. The lowest BCUT2D eigenvalue weighted by atomic mass is 9.94. The van der Waals surface area contributed by atoms with Gasteiger partial charge in [-0.15, -0.1) is 0 Å². The number of fused-ring (bicyclic) bond motifs is 24. The normalized spacial score (nSPS) is 11.8. The molecule has 6 heteroatoms. The summed E-state index contributed by atoms with van der Waals surface area (Å²) >= 11 is 0. The van der Waals surface area contributed by atoms with Crippen LogP contribution in [0.2, 0.25) is 0 Å². The van der Waals surface area contributed by atoms with E-state index in [4.69, 9.17) is 8.83 Å². The Kier molecular flexibility index (Phi) is 16.9. The highest BCUT2D eigenvalue weighted by Gasteiger charge is 2.22.